The molecule has 16 heavy (non-hydrogen) atoms. The van der Waals surface area contributed by atoms with Crippen LogP contribution in [0.5, 0.6) is 0 Å². The molecular weight excluding hydrogens is 200 g/mol. The van der Waals surface area contributed by atoms with Crippen molar-refractivity contribution in [2.75, 3.05) is 0 Å². The first-order chi connectivity index (χ1) is 7.74. The van der Waals surface area contributed by atoms with E-state index >= 15 is 0 Å². The van der Waals surface area contributed by atoms with Gasteiger partial charge in [-0.2, -0.15) is 0 Å². The smallest absolute Gasteiger partial charge is 0.135 e. The minimum atomic E-state index is -0.702. The Morgan fingerprint density at radius 1 is 1.44 bits per heavy atom. The van der Waals surface area contributed by atoms with Crippen molar-refractivity contribution in [3.63, 3.8) is 0 Å². The van der Waals surface area contributed by atoms with E-state index in [1.54, 1.807) is 6.26 Å². The fraction of sp³-hybridized carbons (Fsp3) is 0.714. The molecule has 0 bridgehead atoms. The van der Waals surface area contributed by atoms with Crippen molar-refractivity contribution in [2.45, 2.75) is 57.5 Å². The van der Waals surface area contributed by atoms with Crippen molar-refractivity contribution in [3.8, 4) is 0 Å². The van der Waals surface area contributed by atoms with Gasteiger partial charge in [-0.05, 0) is 43.7 Å². The average molecular weight is 222 g/mol. The first-order valence-corrected chi connectivity index (χ1v) is 6.51. The molecule has 2 heteroatoms. The molecule has 0 radical (unpaired) electrons. The molecular formula is C14H22O2. The van der Waals surface area contributed by atoms with E-state index in [1.807, 2.05) is 12.1 Å². The molecule has 1 aromatic heterocycles. The van der Waals surface area contributed by atoms with Crippen LogP contribution in [0.2, 0.25) is 0 Å². The lowest BCUT2D eigenvalue weighted by Gasteiger charge is -2.24. The second kappa shape index (κ2) is 5.05. The van der Waals surface area contributed by atoms with Crippen molar-refractivity contribution in [3.05, 3.63) is 24.2 Å². The fourth-order valence-electron chi connectivity index (χ4n) is 2.88. The van der Waals surface area contributed by atoms with E-state index in [2.05, 4.69) is 6.92 Å². The molecule has 1 heterocycles. The number of hydrogen-bond acceptors (Lipinski definition) is 2. The summed E-state index contributed by atoms with van der Waals surface area (Å²) in [6.45, 7) is 2.24. The van der Waals surface area contributed by atoms with Gasteiger partial charge < -0.3 is 9.52 Å². The van der Waals surface area contributed by atoms with E-state index in [1.165, 1.54) is 19.3 Å². The summed E-state index contributed by atoms with van der Waals surface area (Å²) in [5.74, 6) is 1.55. The van der Waals surface area contributed by atoms with Crippen LogP contribution in [0, 0.1) is 5.92 Å². The Balaban J connectivity index is 2.02. The Morgan fingerprint density at radius 3 is 3.00 bits per heavy atom. The van der Waals surface area contributed by atoms with E-state index in [9.17, 15) is 5.11 Å². The molecule has 2 rings (SSSR count). The third kappa shape index (κ3) is 2.49. The Kier molecular flexibility index (Phi) is 3.70. The van der Waals surface area contributed by atoms with Gasteiger partial charge in [-0.15, -0.1) is 0 Å². The van der Waals surface area contributed by atoms with Gasteiger partial charge in [0.1, 0.15) is 11.4 Å². The van der Waals surface area contributed by atoms with Gasteiger partial charge in [0.05, 0.1) is 6.26 Å². The zero-order valence-electron chi connectivity index (χ0n) is 10.1. The molecule has 2 nitrogen and oxygen atoms in total. The van der Waals surface area contributed by atoms with E-state index in [-0.39, 0.29) is 0 Å². The maximum Gasteiger partial charge on any atom is 0.135 e. The molecule has 1 aliphatic carbocycles. The summed E-state index contributed by atoms with van der Waals surface area (Å²) in [4.78, 5) is 0. The van der Waals surface area contributed by atoms with E-state index in [0.29, 0.717) is 0 Å². The molecule has 2 unspecified atom stereocenters. The third-order valence-electron chi connectivity index (χ3n) is 3.85. The average Bonchev–Trinajstić information content (AvgIpc) is 2.74. The largest absolute Gasteiger partial charge is 0.466 e. The number of aliphatic hydroxyl groups is 1. The van der Waals surface area contributed by atoms with Crippen LogP contribution in [-0.4, -0.2) is 5.11 Å². The topological polar surface area (TPSA) is 33.4 Å². The van der Waals surface area contributed by atoms with Crippen LogP contribution in [-0.2, 0) is 5.60 Å². The first-order valence-electron chi connectivity index (χ1n) is 6.51. The predicted octanol–water partition coefficient (Wildman–Crippen LogP) is 3.85. The number of furan rings is 1. The predicted molar refractivity (Wildman–Crippen MR) is 64.1 cm³/mol. The van der Waals surface area contributed by atoms with Gasteiger partial charge in [-0.3, -0.25) is 0 Å². The van der Waals surface area contributed by atoms with Crippen molar-refractivity contribution in [2.24, 2.45) is 5.92 Å². The van der Waals surface area contributed by atoms with Gasteiger partial charge in [0.15, 0.2) is 0 Å². The Morgan fingerprint density at radius 2 is 2.31 bits per heavy atom. The molecule has 1 saturated carbocycles. The second-order valence-corrected chi connectivity index (χ2v) is 5.09. The molecule has 1 aliphatic rings. The lowest BCUT2D eigenvalue weighted by Crippen LogP contribution is -2.24. The molecule has 1 aromatic rings. The van der Waals surface area contributed by atoms with Crippen LogP contribution < -0.4 is 0 Å². The van der Waals surface area contributed by atoms with Crippen LogP contribution in [0.3, 0.4) is 0 Å². The number of hydrogen-bond donors (Lipinski definition) is 1. The normalized spacial score (nSPS) is 31.2. The highest BCUT2D eigenvalue weighted by molar-refractivity contribution is 5.09. The zero-order valence-corrected chi connectivity index (χ0v) is 10.1. The van der Waals surface area contributed by atoms with Gasteiger partial charge in [-0.1, -0.05) is 26.2 Å². The van der Waals surface area contributed by atoms with Gasteiger partial charge in [-0.25, -0.2) is 0 Å². The number of rotatable bonds is 3. The molecule has 0 spiro atoms. The van der Waals surface area contributed by atoms with Gasteiger partial charge in [0, 0.05) is 0 Å². The lowest BCUT2D eigenvalue weighted by atomic mass is 9.90. The summed E-state index contributed by atoms with van der Waals surface area (Å²) in [5, 5.41) is 10.6. The van der Waals surface area contributed by atoms with Crippen molar-refractivity contribution in [1.29, 1.82) is 0 Å². The molecule has 2 atom stereocenters. The zero-order chi connectivity index (χ0) is 11.4. The van der Waals surface area contributed by atoms with Gasteiger partial charge in [0.2, 0.25) is 0 Å². The van der Waals surface area contributed by atoms with Crippen LogP contribution in [0.4, 0.5) is 0 Å². The standard InChI is InChI=1S/C14H22O2/c1-2-5-12-6-3-9-14(15,10-8-12)13-7-4-11-16-13/h4,7,11-12,15H,2-3,5-6,8-10H2,1H3. The monoisotopic (exact) mass is 222 g/mol. The van der Waals surface area contributed by atoms with E-state index in [0.717, 1.165) is 37.4 Å². The Labute approximate surface area is 97.7 Å². The molecule has 1 fully saturated rings. The van der Waals surface area contributed by atoms with Gasteiger partial charge >= 0.3 is 0 Å². The first kappa shape index (κ1) is 11.7. The minimum Gasteiger partial charge on any atom is -0.466 e. The summed E-state index contributed by atoms with van der Waals surface area (Å²) in [7, 11) is 0. The van der Waals surface area contributed by atoms with Crippen LogP contribution in [0.25, 0.3) is 0 Å². The molecule has 0 amide bonds. The van der Waals surface area contributed by atoms with Crippen LogP contribution in [0.1, 0.15) is 57.6 Å². The maximum absolute atomic E-state index is 10.6. The van der Waals surface area contributed by atoms with Crippen molar-refractivity contribution >= 4 is 0 Å². The third-order valence-corrected chi connectivity index (χ3v) is 3.85. The highest BCUT2D eigenvalue weighted by Gasteiger charge is 2.34. The SMILES string of the molecule is CCCC1CCCC(O)(c2ccco2)CC1. The summed E-state index contributed by atoms with van der Waals surface area (Å²) in [6, 6.07) is 3.77. The van der Waals surface area contributed by atoms with E-state index in [4.69, 9.17) is 4.42 Å². The maximum atomic E-state index is 10.6. The molecule has 90 valence electrons. The van der Waals surface area contributed by atoms with Crippen molar-refractivity contribution in [1.82, 2.24) is 0 Å². The molecule has 0 aliphatic heterocycles. The molecule has 0 aromatic carbocycles. The van der Waals surface area contributed by atoms with E-state index < -0.39 is 5.60 Å². The molecule has 0 saturated heterocycles. The second-order valence-electron chi connectivity index (χ2n) is 5.09. The minimum absolute atomic E-state index is 0.702. The van der Waals surface area contributed by atoms with Crippen LogP contribution in [0.15, 0.2) is 22.8 Å². The summed E-state index contributed by atoms with van der Waals surface area (Å²) >= 11 is 0. The summed E-state index contributed by atoms with van der Waals surface area (Å²) < 4.78 is 5.38. The lowest BCUT2D eigenvalue weighted by molar-refractivity contribution is -0.00125. The molecule has 1 N–H and O–H groups in total. The van der Waals surface area contributed by atoms with Gasteiger partial charge in [0.25, 0.3) is 0 Å². The highest BCUT2D eigenvalue weighted by atomic mass is 16.4. The summed E-state index contributed by atoms with van der Waals surface area (Å²) in [5.41, 5.74) is -0.702. The van der Waals surface area contributed by atoms with Crippen molar-refractivity contribution < 1.29 is 9.52 Å². The quantitative estimate of drug-likeness (QED) is 0.788. The summed E-state index contributed by atoms with van der Waals surface area (Å²) in [6.07, 6.45) is 9.41. The van der Waals surface area contributed by atoms with Crippen LogP contribution >= 0.6 is 0 Å². The Hall–Kier alpha value is -0.760. The Bertz CT molecular complexity index is 305. The fourth-order valence-corrected chi connectivity index (χ4v) is 2.88. The highest BCUT2D eigenvalue weighted by Crippen LogP contribution is 2.39.